The third-order valence-corrected chi connectivity index (χ3v) is 5.50. The fourth-order valence-corrected chi connectivity index (χ4v) is 3.76. The van der Waals surface area contributed by atoms with Crippen molar-refractivity contribution in [1.29, 1.82) is 0 Å². The molecule has 4 aromatic rings. The van der Waals surface area contributed by atoms with E-state index < -0.39 is 0 Å². The van der Waals surface area contributed by atoms with E-state index in [-0.39, 0.29) is 6.04 Å². The minimum absolute atomic E-state index is 0.146. The van der Waals surface area contributed by atoms with Gasteiger partial charge in [0.15, 0.2) is 0 Å². The summed E-state index contributed by atoms with van der Waals surface area (Å²) in [5.41, 5.74) is 6.78. The zero-order chi connectivity index (χ0) is 16.8. The second kappa shape index (κ2) is 5.56. The summed E-state index contributed by atoms with van der Waals surface area (Å²) in [6.07, 6.45) is 5.75. The van der Waals surface area contributed by atoms with Gasteiger partial charge in [0.05, 0.1) is 35.3 Å². The number of imidazole rings is 1. The highest BCUT2D eigenvalue weighted by molar-refractivity contribution is 7.10. The van der Waals surface area contributed by atoms with Crippen LogP contribution in [0.25, 0.3) is 22.3 Å². The van der Waals surface area contributed by atoms with Crippen molar-refractivity contribution in [1.82, 2.24) is 24.3 Å². The van der Waals surface area contributed by atoms with Gasteiger partial charge in [-0.3, -0.25) is 4.68 Å². The highest BCUT2D eigenvalue weighted by atomic mass is 32.1. The Labute approximate surface area is 144 Å². The fraction of sp³-hybridized carbons (Fsp3) is 0.278. The summed E-state index contributed by atoms with van der Waals surface area (Å²) in [5, 5.41) is 7.39. The number of hydrogen-bond donors (Lipinski definition) is 0. The van der Waals surface area contributed by atoms with E-state index in [2.05, 4.69) is 52.9 Å². The van der Waals surface area contributed by atoms with Gasteiger partial charge < -0.3 is 4.57 Å². The van der Waals surface area contributed by atoms with Gasteiger partial charge in [-0.1, -0.05) is 0 Å². The molecule has 0 radical (unpaired) electrons. The standard InChI is InChI=1S/C18H19N5S/c1-11-5-15-17(6-12(11)2)23(10-19-15)13(3)18-21-16(9-24-18)14-7-20-22(4)8-14/h5-10,13H,1-4H3. The number of hydrogen-bond acceptors (Lipinski definition) is 4. The molecule has 1 aromatic carbocycles. The van der Waals surface area contributed by atoms with Crippen LogP contribution in [0.2, 0.25) is 0 Å². The fourth-order valence-electron chi connectivity index (χ4n) is 2.88. The van der Waals surface area contributed by atoms with E-state index in [1.807, 2.05) is 25.8 Å². The number of nitrogens with zero attached hydrogens (tertiary/aromatic N) is 5. The van der Waals surface area contributed by atoms with E-state index in [4.69, 9.17) is 4.98 Å². The van der Waals surface area contributed by atoms with Gasteiger partial charge >= 0.3 is 0 Å². The van der Waals surface area contributed by atoms with Gasteiger partial charge in [-0.25, -0.2) is 9.97 Å². The van der Waals surface area contributed by atoms with Crippen LogP contribution in [0, 0.1) is 13.8 Å². The summed E-state index contributed by atoms with van der Waals surface area (Å²) >= 11 is 1.68. The predicted octanol–water partition coefficient (Wildman–Crippen LogP) is 4.12. The molecule has 0 aliphatic carbocycles. The normalized spacial score (nSPS) is 12.8. The second-order valence-corrected chi connectivity index (χ2v) is 7.12. The Balaban J connectivity index is 1.73. The molecule has 0 aliphatic rings. The maximum atomic E-state index is 4.81. The van der Waals surface area contributed by atoms with Gasteiger partial charge in [-0.2, -0.15) is 5.10 Å². The first-order valence-corrected chi connectivity index (χ1v) is 8.79. The number of aromatic nitrogens is 5. The third kappa shape index (κ3) is 2.43. The molecule has 24 heavy (non-hydrogen) atoms. The van der Waals surface area contributed by atoms with Gasteiger partial charge in [0.25, 0.3) is 0 Å². The predicted molar refractivity (Wildman–Crippen MR) is 97.3 cm³/mol. The van der Waals surface area contributed by atoms with Gasteiger partial charge in [0, 0.05) is 24.2 Å². The lowest BCUT2D eigenvalue weighted by molar-refractivity contribution is 0.653. The highest BCUT2D eigenvalue weighted by Gasteiger charge is 2.16. The lowest BCUT2D eigenvalue weighted by atomic mass is 10.1. The molecular formula is C18H19N5S. The molecule has 6 heteroatoms. The molecule has 0 spiro atoms. The number of thiazole rings is 1. The van der Waals surface area contributed by atoms with E-state index in [9.17, 15) is 0 Å². The minimum Gasteiger partial charge on any atom is -0.321 e. The largest absolute Gasteiger partial charge is 0.321 e. The molecule has 0 fully saturated rings. The average molecular weight is 337 g/mol. The molecule has 0 bridgehead atoms. The first kappa shape index (κ1) is 15.1. The molecule has 0 saturated heterocycles. The zero-order valence-electron chi connectivity index (χ0n) is 14.2. The Morgan fingerprint density at radius 3 is 2.71 bits per heavy atom. The van der Waals surface area contributed by atoms with Crippen LogP contribution in [-0.4, -0.2) is 24.3 Å². The van der Waals surface area contributed by atoms with Crippen molar-refractivity contribution in [2.75, 3.05) is 0 Å². The number of aryl methyl sites for hydroxylation is 3. The average Bonchev–Trinajstić information content (AvgIpc) is 3.26. The van der Waals surface area contributed by atoms with Crippen molar-refractivity contribution in [3.05, 3.63) is 52.4 Å². The molecular weight excluding hydrogens is 318 g/mol. The number of rotatable bonds is 3. The SMILES string of the molecule is Cc1cc2ncn(C(C)c3nc(-c4cnn(C)c4)cs3)c2cc1C. The molecule has 1 atom stereocenters. The van der Waals surface area contributed by atoms with Crippen LogP contribution in [-0.2, 0) is 7.05 Å². The molecule has 1 unspecified atom stereocenters. The van der Waals surface area contributed by atoms with E-state index in [1.54, 1.807) is 16.0 Å². The molecule has 4 rings (SSSR count). The molecule has 3 heterocycles. The first-order valence-electron chi connectivity index (χ1n) is 7.91. The summed E-state index contributed by atoms with van der Waals surface area (Å²) in [5.74, 6) is 0. The summed E-state index contributed by atoms with van der Waals surface area (Å²) < 4.78 is 4.00. The van der Waals surface area contributed by atoms with Crippen LogP contribution >= 0.6 is 11.3 Å². The van der Waals surface area contributed by atoms with Crippen molar-refractivity contribution >= 4 is 22.4 Å². The lowest BCUT2D eigenvalue weighted by Gasteiger charge is -2.12. The topological polar surface area (TPSA) is 48.5 Å². The monoisotopic (exact) mass is 337 g/mol. The van der Waals surface area contributed by atoms with Gasteiger partial charge in [-0.15, -0.1) is 11.3 Å². The molecule has 0 saturated carbocycles. The maximum Gasteiger partial charge on any atom is 0.116 e. The van der Waals surface area contributed by atoms with Crippen LogP contribution in [0.15, 0.2) is 36.2 Å². The summed E-state index contributed by atoms with van der Waals surface area (Å²) in [7, 11) is 1.92. The highest BCUT2D eigenvalue weighted by Crippen LogP contribution is 2.30. The van der Waals surface area contributed by atoms with Crippen LogP contribution < -0.4 is 0 Å². The van der Waals surface area contributed by atoms with Crippen molar-refractivity contribution in [2.24, 2.45) is 7.05 Å². The summed E-state index contributed by atoms with van der Waals surface area (Å²) in [4.78, 5) is 9.38. The number of benzene rings is 1. The Kier molecular flexibility index (Phi) is 3.49. The van der Waals surface area contributed by atoms with Gasteiger partial charge in [0.1, 0.15) is 5.01 Å². The quantitative estimate of drug-likeness (QED) is 0.565. The smallest absolute Gasteiger partial charge is 0.116 e. The van der Waals surface area contributed by atoms with Crippen molar-refractivity contribution < 1.29 is 0 Å². The van der Waals surface area contributed by atoms with Crippen molar-refractivity contribution in [3.63, 3.8) is 0 Å². The van der Waals surface area contributed by atoms with Gasteiger partial charge in [-0.05, 0) is 44.0 Å². The van der Waals surface area contributed by atoms with Crippen molar-refractivity contribution in [2.45, 2.75) is 26.8 Å². The Bertz CT molecular complexity index is 1020. The third-order valence-electron chi connectivity index (χ3n) is 4.49. The molecule has 0 amide bonds. The molecule has 0 aliphatic heterocycles. The van der Waals surface area contributed by atoms with E-state index in [0.29, 0.717) is 0 Å². The van der Waals surface area contributed by atoms with Gasteiger partial charge in [0.2, 0.25) is 0 Å². The van der Waals surface area contributed by atoms with Crippen molar-refractivity contribution in [3.8, 4) is 11.3 Å². The lowest BCUT2D eigenvalue weighted by Crippen LogP contribution is -2.05. The minimum atomic E-state index is 0.146. The molecule has 122 valence electrons. The zero-order valence-corrected chi connectivity index (χ0v) is 15.0. The van der Waals surface area contributed by atoms with Crippen LogP contribution in [0.4, 0.5) is 0 Å². The molecule has 3 aromatic heterocycles. The van der Waals surface area contributed by atoms with E-state index in [0.717, 1.165) is 27.3 Å². The van der Waals surface area contributed by atoms with Crippen LogP contribution in [0.1, 0.15) is 29.1 Å². The number of fused-ring (bicyclic) bond motifs is 1. The Hall–Kier alpha value is -2.47. The van der Waals surface area contributed by atoms with E-state index in [1.165, 1.54) is 11.1 Å². The molecule has 5 nitrogen and oxygen atoms in total. The van der Waals surface area contributed by atoms with Crippen LogP contribution in [0.5, 0.6) is 0 Å². The summed E-state index contributed by atoms with van der Waals surface area (Å²) in [6.45, 7) is 6.43. The van der Waals surface area contributed by atoms with E-state index >= 15 is 0 Å². The van der Waals surface area contributed by atoms with Crippen LogP contribution in [0.3, 0.4) is 0 Å². The Morgan fingerprint density at radius 2 is 1.96 bits per heavy atom. The Morgan fingerprint density at radius 1 is 1.17 bits per heavy atom. The second-order valence-electron chi connectivity index (χ2n) is 6.23. The first-order chi connectivity index (χ1) is 11.5. The summed E-state index contributed by atoms with van der Waals surface area (Å²) in [6, 6.07) is 4.51. The maximum absolute atomic E-state index is 4.81. The molecule has 0 N–H and O–H groups in total.